The molecule has 0 unspecified atom stereocenters. The van der Waals surface area contributed by atoms with E-state index in [-0.39, 0.29) is 0 Å². The highest BCUT2D eigenvalue weighted by Crippen LogP contribution is 2.34. The number of benzene rings is 3. The van der Waals surface area contributed by atoms with E-state index in [1.807, 2.05) is 55.5 Å². The van der Waals surface area contributed by atoms with Gasteiger partial charge in [-0.15, -0.1) is 0 Å². The van der Waals surface area contributed by atoms with Crippen molar-refractivity contribution in [2.75, 3.05) is 60.8 Å². The van der Waals surface area contributed by atoms with E-state index >= 15 is 0 Å². The number of methoxy groups -OCH3 is 2. The van der Waals surface area contributed by atoms with E-state index in [1.165, 1.54) is 11.2 Å². The van der Waals surface area contributed by atoms with Crippen molar-refractivity contribution >= 4 is 74.9 Å². The maximum absolute atomic E-state index is 13.9. The first kappa shape index (κ1) is 29.7. The molecule has 4 aromatic rings. The molecule has 0 radical (unpaired) electrons. The van der Waals surface area contributed by atoms with Gasteiger partial charge in [0, 0.05) is 66.9 Å². The molecule has 10 nitrogen and oxygen atoms in total. The Balaban J connectivity index is 1.48. The molecule has 0 aliphatic carbocycles. The van der Waals surface area contributed by atoms with Crippen LogP contribution in [0.2, 0.25) is 5.02 Å². The minimum absolute atomic E-state index is 0.369. The molecule has 3 aromatic carbocycles. The number of carbonyl (C=O) groups is 1. The van der Waals surface area contributed by atoms with Crippen molar-refractivity contribution in [1.82, 2.24) is 13.1 Å². The van der Waals surface area contributed by atoms with Crippen molar-refractivity contribution in [2.24, 2.45) is 0 Å². The van der Waals surface area contributed by atoms with Gasteiger partial charge >= 0.3 is 6.03 Å². The number of carbonyl (C=O) groups excluding carboxylic acids is 1. The molecule has 0 spiro atoms. The third-order valence-electron chi connectivity index (χ3n) is 6.91. The summed E-state index contributed by atoms with van der Waals surface area (Å²) in [5, 5.41) is 6.69. The van der Waals surface area contributed by atoms with Crippen molar-refractivity contribution in [3.05, 3.63) is 83.6 Å². The first-order valence-electron chi connectivity index (χ1n) is 13.3. The Morgan fingerprint density at radius 2 is 1.74 bits per heavy atom. The largest absolute Gasteiger partial charge is 0.497 e. The number of aryl methyl sites for hydroxylation is 1. The van der Waals surface area contributed by atoms with Crippen LogP contribution < -0.4 is 29.9 Å². The lowest BCUT2D eigenvalue weighted by molar-refractivity contribution is 0.259. The van der Waals surface area contributed by atoms with Gasteiger partial charge in [0.05, 0.1) is 36.3 Å². The molecule has 218 valence electrons. The van der Waals surface area contributed by atoms with E-state index in [4.69, 9.17) is 21.1 Å². The van der Waals surface area contributed by atoms with Gasteiger partial charge in [0.15, 0.2) is 0 Å². The first-order valence-corrected chi connectivity index (χ1v) is 14.6. The summed E-state index contributed by atoms with van der Waals surface area (Å²) >= 11 is 8.81. The molecule has 0 bridgehead atoms. The fourth-order valence-electron chi connectivity index (χ4n) is 4.64. The Kier molecular flexibility index (Phi) is 9.50. The van der Waals surface area contributed by atoms with Gasteiger partial charge in [-0.05, 0) is 55.0 Å². The summed E-state index contributed by atoms with van der Waals surface area (Å²) in [6.07, 6.45) is 1.41. The zero-order valence-electron chi connectivity index (χ0n) is 23.5. The fraction of sp³-hybridized carbons (Fsp3) is 0.233. The topological polar surface area (TPSA) is 95.1 Å². The van der Waals surface area contributed by atoms with Gasteiger partial charge in [0.1, 0.15) is 29.5 Å². The molecule has 0 atom stereocenters. The van der Waals surface area contributed by atoms with Gasteiger partial charge in [-0.25, -0.2) is 22.8 Å². The number of piperazine rings is 1. The lowest BCUT2D eigenvalue weighted by Crippen LogP contribution is -2.42. The van der Waals surface area contributed by atoms with Gasteiger partial charge < -0.3 is 25.0 Å². The molecule has 1 aliphatic rings. The number of rotatable bonds is 8. The molecule has 42 heavy (non-hydrogen) atoms. The quantitative estimate of drug-likeness (QED) is 0.150. The Labute approximate surface area is 264 Å². The van der Waals surface area contributed by atoms with Gasteiger partial charge in [-0.3, -0.25) is 0 Å². The third kappa shape index (κ3) is 6.80. The number of anilines is 6. The molecule has 12 heteroatoms. The molecular weight excluding hydrogens is 669 g/mol. The predicted molar refractivity (Wildman–Crippen MR) is 176 cm³/mol. The summed E-state index contributed by atoms with van der Waals surface area (Å²) in [6.45, 7) is 5.75. The van der Waals surface area contributed by atoms with Gasteiger partial charge in [0.2, 0.25) is 0 Å². The SMILES string of the molecule is COc1ccc(Nc2cc(N(C(=O)Nc3c(C)cccc3Cl)c3ccc(N4CCN(I)CC4)cc3)ncn2)c(OC)c1. The van der Waals surface area contributed by atoms with Crippen LogP contribution in [0, 0.1) is 6.92 Å². The highest BCUT2D eigenvalue weighted by Gasteiger charge is 2.23. The van der Waals surface area contributed by atoms with Crippen molar-refractivity contribution in [3.8, 4) is 11.5 Å². The second kappa shape index (κ2) is 13.4. The second-order valence-electron chi connectivity index (χ2n) is 9.56. The Morgan fingerprint density at radius 3 is 2.43 bits per heavy atom. The van der Waals surface area contributed by atoms with Crippen LogP contribution in [0.5, 0.6) is 11.5 Å². The standard InChI is InChI=1S/C30H31ClIN7O3/c1-20-5-4-6-24(31)29(20)36-30(40)39(22-9-7-21(8-10-22)37-13-15-38(32)16-14-37)28-18-27(33-19-34-28)35-25-12-11-23(41-2)17-26(25)42-3/h4-12,17-19H,13-16H2,1-3H3,(H,36,40)(H,33,34,35). The van der Waals surface area contributed by atoms with E-state index < -0.39 is 6.03 Å². The number of hydrogen-bond donors (Lipinski definition) is 2. The number of aromatic nitrogens is 2. The molecule has 2 heterocycles. The average Bonchev–Trinajstić information content (AvgIpc) is 3.00. The number of amides is 2. The number of nitrogens with zero attached hydrogens (tertiary/aromatic N) is 5. The molecule has 5 rings (SSSR count). The summed E-state index contributed by atoms with van der Waals surface area (Å²) in [6, 6.07) is 20.1. The van der Waals surface area contributed by atoms with E-state index in [1.54, 1.807) is 32.4 Å². The Hall–Kier alpha value is -3.81. The predicted octanol–water partition coefficient (Wildman–Crippen LogP) is 7.04. The lowest BCUT2D eigenvalue weighted by Gasteiger charge is -2.33. The van der Waals surface area contributed by atoms with Crippen LogP contribution in [0.3, 0.4) is 0 Å². The summed E-state index contributed by atoms with van der Waals surface area (Å²) in [5.74, 6) is 2.09. The molecule has 0 saturated carbocycles. The lowest BCUT2D eigenvalue weighted by atomic mass is 10.2. The number of hydrogen-bond acceptors (Lipinski definition) is 8. The molecule has 1 aromatic heterocycles. The van der Waals surface area contributed by atoms with Crippen LogP contribution in [0.15, 0.2) is 73.1 Å². The molecule has 2 amide bonds. The number of ether oxygens (including phenoxy) is 2. The fourth-order valence-corrected chi connectivity index (χ4v) is 5.34. The van der Waals surface area contributed by atoms with Crippen LogP contribution >= 0.6 is 34.5 Å². The van der Waals surface area contributed by atoms with Gasteiger partial charge in [0.25, 0.3) is 0 Å². The van der Waals surface area contributed by atoms with Crippen molar-refractivity contribution in [1.29, 1.82) is 0 Å². The highest BCUT2D eigenvalue weighted by atomic mass is 127. The number of para-hydroxylation sites is 1. The van der Waals surface area contributed by atoms with Gasteiger partial charge in [-0.1, -0.05) is 23.7 Å². The van der Waals surface area contributed by atoms with Crippen LogP contribution in [0.4, 0.5) is 39.2 Å². The molecule has 1 aliphatic heterocycles. The molecule has 2 N–H and O–H groups in total. The monoisotopic (exact) mass is 699 g/mol. The Morgan fingerprint density at radius 1 is 0.976 bits per heavy atom. The van der Waals surface area contributed by atoms with E-state index in [0.29, 0.717) is 45.2 Å². The Bertz CT molecular complexity index is 1530. The summed E-state index contributed by atoms with van der Waals surface area (Å²) in [5.41, 5.74) is 3.80. The maximum Gasteiger partial charge on any atom is 0.332 e. The van der Waals surface area contributed by atoms with Crippen LogP contribution in [0.25, 0.3) is 0 Å². The number of urea groups is 1. The maximum atomic E-state index is 13.9. The molecule has 1 saturated heterocycles. The minimum Gasteiger partial charge on any atom is -0.497 e. The summed E-state index contributed by atoms with van der Waals surface area (Å²) < 4.78 is 13.1. The normalized spacial score (nSPS) is 13.4. The van der Waals surface area contributed by atoms with Gasteiger partial charge in [-0.2, -0.15) is 0 Å². The van der Waals surface area contributed by atoms with Crippen molar-refractivity contribution < 1.29 is 14.3 Å². The van der Waals surface area contributed by atoms with Crippen LogP contribution in [-0.4, -0.2) is 59.5 Å². The molecular formula is C30H31ClIN7O3. The van der Waals surface area contributed by atoms with Crippen LogP contribution in [-0.2, 0) is 0 Å². The summed E-state index contributed by atoms with van der Waals surface area (Å²) in [7, 11) is 3.18. The minimum atomic E-state index is -0.413. The third-order valence-corrected chi connectivity index (χ3v) is 8.19. The van der Waals surface area contributed by atoms with E-state index in [2.05, 4.69) is 51.5 Å². The van der Waals surface area contributed by atoms with Crippen molar-refractivity contribution in [3.63, 3.8) is 0 Å². The average molecular weight is 700 g/mol. The van der Waals surface area contributed by atoms with Crippen LogP contribution in [0.1, 0.15) is 5.56 Å². The number of halogens is 2. The van der Waals surface area contributed by atoms with E-state index in [9.17, 15) is 4.79 Å². The highest BCUT2D eigenvalue weighted by molar-refractivity contribution is 14.1. The summed E-state index contributed by atoms with van der Waals surface area (Å²) in [4.78, 5) is 26.6. The zero-order valence-corrected chi connectivity index (χ0v) is 26.4. The van der Waals surface area contributed by atoms with E-state index in [0.717, 1.165) is 37.4 Å². The molecule has 1 fully saturated rings. The first-order chi connectivity index (χ1) is 20.4. The zero-order chi connectivity index (χ0) is 29.6. The number of nitrogens with one attached hydrogen (secondary N) is 2. The van der Waals surface area contributed by atoms with Crippen molar-refractivity contribution in [2.45, 2.75) is 6.92 Å². The second-order valence-corrected chi connectivity index (χ2v) is 11.3. The smallest absolute Gasteiger partial charge is 0.332 e.